The summed E-state index contributed by atoms with van der Waals surface area (Å²) in [5.74, 6) is -0.116. The molecule has 0 aliphatic carbocycles. The highest BCUT2D eigenvalue weighted by atomic mass is 16.4. The molecule has 5 rings (SSSR count). The van der Waals surface area contributed by atoms with E-state index in [0.29, 0.717) is 6.54 Å². The number of furan rings is 1. The first kappa shape index (κ1) is 18.9. The van der Waals surface area contributed by atoms with Gasteiger partial charge in [-0.25, -0.2) is 4.79 Å². The van der Waals surface area contributed by atoms with Gasteiger partial charge in [-0.3, -0.25) is 0 Å². The summed E-state index contributed by atoms with van der Waals surface area (Å²) in [6.07, 6.45) is 2.49. The number of carboxylic acid groups (broad SMARTS) is 1. The van der Waals surface area contributed by atoms with E-state index in [1.54, 1.807) is 12.3 Å². The molecule has 1 N–H and O–H groups in total. The third kappa shape index (κ3) is 3.76. The van der Waals surface area contributed by atoms with Crippen LogP contribution in [0.25, 0.3) is 22.2 Å². The van der Waals surface area contributed by atoms with Gasteiger partial charge in [0.05, 0.1) is 6.26 Å². The van der Waals surface area contributed by atoms with Crippen molar-refractivity contribution >= 4 is 16.9 Å². The minimum Gasteiger partial charge on any atom is -0.477 e. The normalized spacial score (nSPS) is 11.1. The van der Waals surface area contributed by atoms with Crippen LogP contribution in [0.4, 0.5) is 0 Å². The maximum Gasteiger partial charge on any atom is 0.352 e. The molecule has 0 radical (unpaired) electrons. The smallest absolute Gasteiger partial charge is 0.352 e. The molecule has 3 aromatic carbocycles. The number of aromatic nitrogens is 1. The zero-order chi connectivity index (χ0) is 21.2. The van der Waals surface area contributed by atoms with E-state index in [4.69, 9.17) is 4.42 Å². The third-order valence-electron chi connectivity index (χ3n) is 5.55. The fourth-order valence-electron chi connectivity index (χ4n) is 4.07. The van der Waals surface area contributed by atoms with Crippen LogP contribution in [-0.4, -0.2) is 15.6 Å². The highest BCUT2D eigenvalue weighted by Crippen LogP contribution is 2.31. The molecule has 5 aromatic rings. The molecule has 0 fully saturated rings. The highest BCUT2D eigenvalue weighted by Gasteiger charge is 2.17. The van der Waals surface area contributed by atoms with Crippen molar-refractivity contribution in [2.24, 2.45) is 0 Å². The molecule has 0 aliphatic heterocycles. The lowest BCUT2D eigenvalue weighted by molar-refractivity contribution is 0.0686. The van der Waals surface area contributed by atoms with Gasteiger partial charge < -0.3 is 14.1 Å². The van der Waals surface area contributed by atoms with E-state index in [2.05, 4.69) is 12.1 Å². The summed E-state index contributed by atoms with van der Waals surface area (Å²) in [5, 5.41) is 10.6. The lowest BCUT2D eigenvalue weighted by Crippen LogP contribution is -2.09. The average Bonchev–Trinajstić information content (AvgIpc) is 3.40. The number of benzene rings is 3. The van der Waals surface area contributed by atoms with Crippen molar-refractivity contribution in [1.29, 1.82) is 0 Å². The van der Waals surface area contributed by atoms with E-state index in [1.807, 2.05) is 77.4 Å². The van der Waals surface area contributed by atoms with Crippen LogP contribution in [0, 0.1) is 0 Å². The summed E-state index contributed by atoms with van der Waals surface area (Å²) in [5.41, 5.74) is 5.49. The van der Waals surface area contributed by atoms with Crippen LogP contribution in [0.1, 0.15) is 27.2 Å². The molecule has 0 saturated carbocycles. The lowest BCUT2D eigenvalue weighted by Gasteiger charge is -2.09. The number of fused-ring (bicyclic) bond motifs is 1. The van der Waals surface area contributed by atoms with Gasteiger partial charge in [-0.2, -0.15) is 0 Å². The average molecular weight is 407 g/mol. The number of rotatable bonds is 6. The Morgan fingerprint density at radius 1 is 0.839 bits per heavy atom. The van der Waals surface area contributed by atoms with Gasteiger partial charge in [0.25, 0.3) is 0 Å². The Morgan fingerprint density at radius 2 is 1.55 bits per heavy atom. The Hall–Kier alpha value is -4.05. The van der Waals surface area contributed by atoms with Crippen molar-refractivity contribution in [3.05, 3.63) is 120 Å². The number of aromatic carboxylic acids is 1. The standard InChI is InChI=1S/C27H21NO3/c29-27(30)25-17-23-16-21(11-12-24(23)28(25)18-20-9-5-2-6-10-20)26-22(13-14-31-26)15-19-7-3-1-4-8-19/h1-14,16-17H,15,18H2,(H,29,30). The number of carboxylic acids is 1. The molecule has 0 bridgehead atoms. The van der Waals surface area contributed by atoms with Gasteiger partial charge >= 0.3 is 5.97 Å². The van der Waals surface area contributed by atoms with Crippen LogP contribution in [0.15, 0.2) is 102 Å². The Labute approximate surface area is 180 Å². The van der Waals surface area contributed by atoms with E-state index in [0.717, 1.165) is 39.8 Å². The first-order valence-corrected chi connectivity index (χ1v) is 10.2. The van der Waals surface area contributed by atoms with Crippen molar-refractivity contribution < 1.29 is 14.3 Å². The van der Waals surface area contributed by atoms with Crippen molar-refractivity contribution in [3.8, 4) is 11.3 Å². The zero-order valence-electron chi connectivity index (χ0n) is 16.9. The molecule has 0 amide bonds. The molecular weight excluding hydrogens is 386 g/mol. The summed E-state index contributed by atoms with van der Waals surface area (Å²) in [6, 6.07) is 29.9. The van der Waals surface area contributed by atoms with Gasteiger partial charge in [-0.05, 0) is 41.5 Å². The van der Waals surface area contributed by atoms with E-state index in [-0.39, 0.29) is 5.69 Å². The number of hydrogen-bond acceptors (Lipinski definition) is 2. The Morgan fingerprint density at radius 3 is 2.26 bits per heavy atom. The third-order valence-corrected chi connectivity index (χ3v) is 5.55. The zero-order valence-corrected chi connectivity index (χ0v) is 16.9. The maximum absolute atomic E-state index is 11.9. The quantitative estimate of drug-likeness (QED) is 0.362. The molecule has 152 valence electrons. The second kappa shape index (κ2) is 8.00. The molecule has 0 atom stereocenters. The van der Waals surface area contributed by atoms with E-state index in [1.165, 1.54) is 5.56 Å². The predicted octanol–water partition coefficient (Wildman–Crippen LogP) is 6.24. The second-order valence-corrected chi connectivity index (χ2v) is 7.62. The van der Waals surface area contributed by atoms with Gasteiger partial charge in [0.2, 0.25) is 0 Å². The summed E-state index contributed by atoms with van der Waals surface area (Å²) < 4.78 is 7.68. The maximum atomic E-state index is 11.9. The Kier molecular flexibility index (Phi) is 4.89. The fraction of sp³-hybridized carbons (Fsp3) is 0.0741. The molecule has 0 spiro atoms. The van der Waals surface area contributed by atoms with Crippen LogP contribution in [-0.2, 0) is 13.0 Å². The lowest BCUT2D eigenvalue weighted by atomic mass is 10.0. The fourth-order valence-corrected chi connectivity index (χ4v) is 4.07. The van der Waals surface area contributed by atoms with E-state index in [9.17, 15) is 9.90 Å². The topological polar surface area (TPSA) is 55.4 Å². The van der Waals surface area contributed by atoms with Gasteiger partial charge in [0.15, 0.2) is 0 Å². The SMILES string of the molecule is O=C(O)c1cc2cc(-c3occc3Cc3ccccc3)ccc2n1Cc1ccccc1. The van der Waals surface area contributed by atoms with Gasteiger partial charge in [-0.15, -0.1) is 0 Å². The van der Waals surface area contributed by atoms with Gasteiger partial charge in [-0.1, -0.05) is 60.7 Å². The molecule has 0 saturated heterocycles. The van der Waals surface area contributed by atoms with Gasteiger partial charge in [0.1, 0.15) is 11.5 Å². The van der Waals surface area contributed by atoms with Crippen molar-refractivity contribution in [2.75, 3.05) is 0 Å². The highest BCUT2D eigenvalue weighted by molar-refractivity contribution is 5.96. The molecule has 2 aromatic heterocycles. The van der Waals surface area contributed by atoms with Crippen LogP contribution in [0.5, 0.6) is 0 Å². The minimum atomic E-state index is -0.934. The van der Waals surface area contributed by atoms with Crippen molar-refractivity contribution in [1.82, 2.24) is 4.57 Å². The number of nitrogens with zero attached hydrogens (tertiary/aromatic N) is 1. The summed E-state index contributed by atoms with van der Waals surface area (Å²) in [7, 11) is 0. The molecular formula is C27H21NO3. The van der Waals surface area contributed by atoms with Gasteiger partial charge in [0, 0.05) is 35.0 Å². The first-order chi connectivity index (χ1) is 15.2. The van der Waals surface area contributed by atoms with Crippen LogP contribution in [0.2, 0.25) is 0 Å². The summed E-state index contributed by atoms with van der Waals surface area (Å²) in [4.78, 5) is 11.9. The second-order valence-electron chi connectivity index (χ2n) is 7.62. The number of hydrogen-bond donors (Lipinski definition) is 1. The van der Waals surface area contributed by atoms with E-state index >= 15 is 0 Å². The molecule has 4 heteroatoms. The van der Waals surface area contributed by atoms with Crippen molar-refractivity contribution in [2.45, 2.75) is 13.0 Å². The van der Waals surface area contributed by atoms with Crippen LogP contribution in [0.3, 0.4) is 0 Å². The number of carbonyl (C=O) groups is 1. The van der Waals surface area contributed by atoms with Crippen molar-refractivity contribution in [3.63, 3.8) is 0 Å². The first-order valence-electron chi connectivity index (χ1n) is 10.2. The van der Waals surface area contributed by atoms with E-state index < -0.39 is 5.97 Å². The predicted molar refractivity (Wildman–Crippen MR) is 121 cm³/mol. The van der Waals surface area contributed by atoms with Crippen LogP contribution < -0.4 is 0 Å². The largest absolute Gasteiger partial charge is 0.477 e. The molecule has 2 heterocycles. The Balaban J connectivity index is 1.55. The molecule has 0 aliphatic rings. The van der Waals surface area contributed by atoms with Crippen LogP contribution >= 0.6 is 0 Å². The summed E-state index contributed by atoms with van der Waals surface area (Å²) >= 11 is 0. The molecule has 0 unspecified atom stereocenters. The monoisotopic (exact) mass is 407 g/mol. The summed E-state index contributed by atoms with van der Waals surface area (Å²) in [6.45, 7) is 0.505. The minimum absolute atomic E-state index is 0.278. The molecule has 31 heavy (non-hydrogen) atoms. The molecule has 4 nitrogen and oxygen atoms in total. The Bertz CT molecular complexity index is 1350.